The van der Waals surface area contributed by atoms with E-state index in [0.29, 0.717) is 11.0 Å². The highest BCUT2D eigenvalue weighted by molar-refractivity contribution is 7.80. The standard InChI is InChI=1S/C26H38F17N3OS/c1-4-5-6-7-8-9-10-11-14-46(2,3)15-13-44-18(48)45-17-47-16-12-19(27,28)20(29,30)21(31,32)22(33,34)23(35,36)24(37,38)25(39,40)26(41,42)43/h4-17H2,1-3H3,(H-,44,45,48)/p+1. The average molecular weight is 765 g/mol. The first-order valence-electron chi connectivity index (χ1n) is 14.5. The number of likely N-dealkylation sites (N-methyl/N-ethyl adjacent to an activating group) is 1. The fraction of sp³-hybridized carbons (Fsp3) is 0.962. The number of quaternary nitrogens is 1. The molecule has 0 amide bonds. The summed E-state index contributed by atoms with van der Waals surface area (Å²) in [6.07, 6.45) is -1.44. The van der Waals surface area contributed by atoms with Gasteiger partial charge in [-0.3, -0.25) is 0 Å². The van der Waals surface area contributed by atoms with E-state index in [1.165, 1.54) is 19.3 Å². The highest BCUT2D eigenvalue weighted by atomic mass is 32.1. The number of unbranched alkanes of at least 4 members (excludes halogenated alkanes) is 7. The Balaban J connectivity index is 5.02. The molecule has 0 atom stereocenters. The molecule has 0 bridgehead atoms. The zero-order valence-corrected chi connectivity index (χ0v) is 26.9. The minimum absolute atomic E-state index is 0.163. The Morgan fingerprint density at radius 2 is 0.979 bits per heavy atom. The summed E-state index contributed by atoms with van der Waals surface area (Å²) < 4.78 is 231. The smallest absolute Gasteiger partial charge is 0.361 e. The van der Waals surface area contributed by atoms with E-state index in [1.54, 1.807) is 0 Å². The highest BCUT2D eigenvalue weighted by Gasteiger charge is 2.95. The minimum Gasteiger partial charge on any atom is -0.361 e. The number of nitrogens with zero attached hydrogens (tertiary/aromatic N) is 1. The van der Waals surface area contributed by atoms with Crippen LogP contribution in [0.4, 0.5) is 74.6 Å². The number of hydrogen-bond acceptors (Lipinski definition) is 2. The normalized spacial score (nSPS) is 14.8. The molecule has 0 aromatic carbocycles. The Morgan fingerprint density at radius 3 is 1.44 bits per heavy atom. The van der Waals surface area contributed by atoms with E-state index in [9.17, 15) is 74.6 Å². The second kappa shape index (κ2) is 17.1. The number of alkyl halides is 17. The van der Waals surface area contributed by atoms with Crippen molar-refractivity contribution in [2.75, 3.05) is 47.1 Å². The predicted molar refractivity (Wildman–Crippen MR) is 144 cm³/mol. The summed E-state index contributed by atoms with van der Waals surface area (Å²) in [6, 6.07) is 0. The van der Waals surface area contributed by atoms with Crippen LogP contribution in [0.5, 0.6) is 0 Å². The molecule has 0 fully saturated rings. The summed E-state index contributed by atoms with van der Waals surface area (Å²) in [5.74, 6) is -56.5. The first-order valence-corrected chi connectivity index (χ1v) is 14.9. The predicted octanol–water partition coefficient (Wildman–Crippen LogP) is 9.04. The SMILES string of the molecule is CCCCCCCCCC[N+](C)(C)CCNC(=S)NCOCCC(F)(F)C(F)(F)C(F)(F)C(F)(F)C(F)(F)C(F)(F)C(F)(F)C(F)(F)F. The largest absolute Gasteiger partial charge is 0.460 e. The second-order valence-corrected chi connectivity index (χ2v) is 12.1. The van der Waals surface area contributed by atoms with Crippen molar-refractivity contribution < 1.29 is 83.9 Å². The summed E-state index contributed by atoms with van der Waals surface area (Å²) >= 11 is 4.88. The van der Waals surface area contributed by atoms with Gasteiger partial charge in [0.25, 0.3) is 0 Å². The summed E-state index contributed by atoms with van der Waals surface area (Å²) in [5, 5.41) is 4.78. The lowest BCUT2D eigenvalue weighted by atomic mass is 9.88. The van der Waals surface area contributed by atoms with E-state index in [4.69, 9.17) is 12.2 Å². The van der Waals surface area contributed by atoms with Crippen LogP contribution in [-0.2, 0) is 4.74 Å². The first kappa shape index (κ1) is 46.4. The summed E-state index contributed by atoms with van der Waals surface area (Å²) in [4.78, 5) is 0. The van der Waals surface area contributed by atoms with Gasteiger partial charge in [0.1, 0.15) is 6.73 Å². The zero-order valence-electron chi connectivity index (χ0n) is 26.1. The molecule has 0 unspecified atom stereocenters. The summed E-state index contributed by atoms with van der Waals surface area (Å²) in [7, 11) is 3.89. The third kappa shape index (κ3) is 10.7. The van der Waals surface area contributed by atoms with E-state index >= 15 is 0 Å². The third-order valence-corrected chi connectivity index (χ3v) is 7.59. The number of thiocarbonyl (C=S) groups is 1. The first-order chi connectivity index (χ1) is 21.4. The van der Waals surface area contributed by atoms with E-state index in [-0.39, 0.29) is 11.7 Å². The van der Waals surface area contributed by atoms with Gasteiger partial charge in [-0.05, 0) is 25.1 Å². The van der Waals surface area contributed by atoms with Crippen molar-refractivity contribution in [3.8, 4) is 0 Å². The fourth-order valence-corrected chi connectivity index (χ4v) is 4.22. The van der Waals surface area contributed by atoms with Crippen molar-refractivity contribution in [3.63, 3.8) is 0 Å². The van der Waals surface area contributed by atoms with Crippen molar-refractivity contribution in [3.05, 3.63) is 0 Å². The van der Waals surface area contributed by atoms with Crippen LogP contribution in [0.3, 0.4) is 0 Å². The van der Waals surface area contributed by atoms with Crippen LogP contribution in [0.2, 0.25) is 0 Å². The summed E-state index contributed by atoms with van der Waals surface area (Å²) in [6.45, 7) is 1.21. The van der Waals surface area contributed by atoms with Gasteiger partial charge in [0, 0.05) is 6.42 Å². The average Bonchev–Trinajstić information content (AvgIpc) is 2.92. The van der Waals surface area contributed by atoms with E-state index in [1.807, 2.05) is 14.1 Å². The molecule has 0 saturated carbocycles. The van der Waals surface area contributed by atoms with E-state index in [0.717, 1.165) is 38.6 Å². The molecule has 0 aliphatic heterocycles. The third-order valence-electron chi connectivity index (χ3n) is 7.30. The number of hydrogen-bond donors (Lipinski definition) is 2. The topological polar surface area (TPSA) is 33.3 Å². The Morgan fingerprint density at radius 1 is 0.562 bits per heavy atom. The number of nitrogens with one attached hydrogen (secondary N) is 2. The maximum Gasteiger partial charge on any atom is 0.460 e. The van der Waals surface area contributed by atoms with Crippen molar-refractivity contribution in [1.29, 1.82) is 0 Å². The zero-order chi connectivity index (χ0) is 38.1. The molecule has 48 heavy (non-hydrogen) atoms. The van der Waals surface area contributed by atoms with Gasteiger partial charge >= 0.3 is 47.6 Å². The molecule has 0 spiro atoms. The lowest BCUT2D eigenvalue weighted by Gasteiger charge is -2.42. The van der Waals surface area contributed by atoms with Crippen LogP contribution >= 0.6 is 12.2 Å². The second-order valence-electron chi connectivity index (χ2n) is 11.7. The van der Waals surface area contributed by atoms with E-state index in [2.05, 4.69) is 22.3 Å². The molecule has 0 aliphatic carbocycles. The monoisotopic (exact) mass is 764 g/mol. The molecule has 0 saturated heterocycles. The molecule has 0 heterocycles. The lowest BCUT2D eigenvalue weighted by Crippen LogP contribution is -2.74. The molecule has 0 aliphatic rings. The number of halogens is 17. The van der Waals surface area contributed by atoms with Gasteiger partial charge in [-0.2, -0.15) is 74.6 Å². The molecule has 4 nitrogen and oxygen atoms in total. The molecular formula is C26H39F17N3OS+. The molecule has 0 radical (unpaired) electrons. The van der Waals surface area contributed by atoms with Crippen LogP contribution in [0.15, 0.2) is 0 Å². The van der Waals surface area contributed by atoms with Gasteiger partial charge < -0.3 is 19.9 Å². The lowest BCUT2D eigenvalue weighted by molar-refractivity contribution is -0.889. The quantitative estimate of drug-likeness (QED) is 0.0358. The molecule has 0 aromatic heterocycles. The van der Waals surface area contributed by atoms with Crippen LogP contribution < -0.4 is 10.6 Å². The van der Waals surface area contributed by atoms with Crippen LogP contribution in [0.25, 0.3) is 0 Å². The van der Waals surface area contributed by atoms with Crippen molar-refractivity contribution in [2.24, 2.45) is 0 Å². The summed E-state index contributed by atoms with van der Waals surface area (Å²) in [5.41, 5.74) is 0. The molecule has 0 aromatic rings. The van der Waals surface area contributed by atoms with E-state index < -0.39 is 67.4 Å². The molecule has 2 N–H and O–H groups in total. The van der Waals surface area contributed by atoms with Crippen LogP contribution in [0.1, 0.15) is 64.7 Å². The Hall–Kier alpha value is -1.58. The number of rotatable bonds is 23. The van der Waals surface area contributed by atoms with Gasteiger partial charge in [-0.25, -0.2) is 0 Å². The molecular weight excluding hydrogens is 725 g/mol. The minimum atomic E-state index is -8.65. The van der Waals surface area contributed by atoms with Gasteiger partial charge in [0.2, 0.25) is 0 Å². The van der Waals surface area contributed by atoms with Crippen LogP contribution in [-0.4, -0.2) is 104 Å². The number of ether oxygens (including phenoxy) is 1. The van der Waals surface area contributed by atoms with Crippen molar-refractivity contribution in [1.82, 2.24) is 10.6 Å². The molecule has 22 heteroatoms. The maximum absolute atomic E-state index is 13.9. The highest BCUT2D eigenvalue weighted by Crippen LogP contribution is 2.64. The van der Waals surface area contributed by atoms with Gasteiger partial charge in [0.05, 0.1) is 40.3 Å². The molecule has 288 valence electrons. The Bertz CT molecular complexity index is 991. The van der Waals surface area contributed by atoms with Gasteiger partial charge in [-0.1, -0.05) is 45.4 Å². The van der Waals surface area contributed by atoms with Gasteiger partial charge in [0.15, 0.2) is 5.11 Å². The molecule has 0 rings (SSSR count). The Kier molecular flexibility index (Phi) is 16.5. The maximum atomic E-state index is 13.9. The van der Waals surface area contributed by atoms with Gasteiger partial charge in [-0.15, -0.1) is 0 Å². The Labute approximate surface area is 271 Å². The van der Waals surface area contributed by atoms with Crippen LogP contribution in [0, 0.1) is 0 Å². The fourth-order valence-electron chi connectivity index (χ4n) is 4.06. The van der Waals surface area contributed by atoms with Crippen molar-refractivity contribution >= 4 is 17.3 Å². The van der Waals surface area contributed by atoms with Crippen molar-refractivity contribution in [2.45, 2.75) is 112 Å².